The van der Waals surface area contributed by atoms with Crippen LogP contribution in [0.15, 0.2) is 66.7 Å². The third-order valence-corrected chi connectivity index (χ3v) is 7.85. The molecular formula is C24H23Cl3N2O3S2. The highest BCUT2D eigenvalue weighted by Crippen LogP contribution is 2.25. The van der Waals surface area contributed by atoms with E-state index in [1.165, 1.54) is 4.31 Å². The molecule has 180 valence electrons. The second kappa shape index (κ2) is 12.2. The number of sulfonamides is 1. The highest BCUT2D eigenvalue weighted by atomic mass is 35.5. The lowest BCUT2D eigenvalue weighted by Gasteiger charge is -2.23. The zero-order valence-corrected chi connectivity index (χ0v) is 22.2. The number of rotatable bonds is 10. The highest BCUT2D eigenvalue weighted by molar-refractivity contribution is 7.98. The van der Waals surface area contributed by atoms with Crippen LogP contribution >= 0.6 is 46.6 Å². The summed E-state index contributed by atoms with van der Waals surface area (Å²) >= 11 is 19.6. The number of carbonyl (C=O) groups excluding carboxylic acids is 1. The second-order valence-electron chi connectivity index (χ2n) is 7.49. The molecule has 0 aliphatic carbocycles. The molecule has 0 aliphatic heterocycles. The van der Waals surface area contributed by atoms with Crippen molar-refractivity contribution < 1.29 is 13.2 Å². The second-order valence-corrected chi connectivity index (χ2v) is 11.8. The number of anilines is 1. The van der Waals surface area contributed by atoms with Gasteiger partial charge in [0.05, 0.1) is 18.5 Å². The molecule has 0 heterocycles. The van der Waals surface area contributed by atoms with Gasteiger partial charge in [-0.05, 0) is 59.7 Å². The zero-order chi connectivity index (χ0) is 24.7. The fourth-order valence-corrected chi connectivity index (χ4v) is 5.53. The van der Waals surface area contributed by atoms with Gasteiger partial charge in [-0.2, -0.15) is 11.8 Å². The van der Waals surface area contributed by atoms with Crippen LogP contribution in [-0.2, 0) is 22.3 Å². The van der Waals surface area contributed by atoms with Crippen molar-refractivity contribution in [1.29, 1.82) is 0 Å². The van der Waals surface area contributed by atoms with Crippen LogP contribution in [0.4, 0.5) is 5.69 Å². The maximum Gasteiger partial charge on any atom is 0.251 e. The number of carbonyl (C=O) groups is 1. The number of hydrogen-bond acceptors (Lipinski definition) is 4. The van der Waals surface area contributed by atoms with Crippen LogP contribution in [0.1, 0.15) is 21.5 Å². The van der Waals surface area contributed by atoms with Gasteiger partial charge in [0, 0.05) is 38.7 Å². The van der Waals surface area contributed by atoms with Crippen LogP contribution in [0.2, 0.25) is 15.1 Å². The summed E-state index contributed by atoms with van der Waals surface area (Å²) in [5.74, 6) is 1.21. The van der Waals surface area contributed by atoms with Crippen LogP contribution in [0.25, 0.3) is 0 Å². The van der Waals surface area contributed by atoms with Crippen molar-refractivity contribution in [3.05, 3.63) is 98.5 Å². The lowest BCUT2D eigenvalue weighted by molar-refractivity contribution is 0.0956. The van der Waals surface area contributed by atoms with E-state index in [4.69, 9.17) is 34.8 Å². The summed E-state index contributed by atoms with van der Waals surface area (Å²) in [5.41, 5.74) is 2.72. The van der Waals surface area contributed by atoms with Crippen LogP contribution in [0, 0.1) is 0 Å². The molecule has 5 nitrogen and oxygen atoms in total. The Morgan fingerprint density at radius 2 is 1.59 bits per heavy atom. The van der Waals surface area contributed by atoms with E-state index >= 15 is 0 Å². The van der Waals surface area contributed by atoms with Crippen molar-refractivity contribution in [3.8, 4) is 0 Å². The first-order chi connectivity index (χ1) is 16.1. The molecule has 1 N–H and O–H groups in total. The van der Waals surface area contributed by atoms with Gasteiger partial charge in [0.15, 0.2) is 0 Å². The summed E-state index contributed by atoms with van der Waals surface area (Å²) < 4.78 is 26.0. The van der Waals surface area contributed by atoms with Crippen molar-refractivity contribution in [1.82, 2.24) is 5.32 Å². The Hall–Kier alpha value is -1.90. The Labute approximate surface area is 219 Å². The molecule has 3 rings (SSSR count). The third-order valence-electron chi connectivity index (χ3n) is 4.86. The molecule has 0 aromatic heterocycles. The standard InChI is InChI=1S/C24H23Cl3N2O3S2/c1-34(31,32)29(15-17-2-7-20(25)8-3-17)22-10-5-18(6-11-22)24(30)28-12-13-33-16-19-4-9-21(26)14-23(19)27/h2-11,14H,12-13,15-16H2,1H3,(H,28,30). The lowest BCUT2D eigenvalue weighted by Crippen LogP contribution is -2.29. The van der Waals surface area contributed by atoms with Gasteiger partial charge in [-0.1, -0.05) is 53.0 Å². The van der Waals surface area contributed by atoms with Crippen molar-refractivity contribution in [2.24, 2.45) is 0 Å². The smallest absolute Gasteiger partial charge is 0.251 e. The highest BCUT2D eigenvalue weighted by Gasteiger charge is 2.18. The molecule has 0 saturated heterocycles. The minimum absolute atomic E-state index is 0.163. The minimum atomic E-state index is -3.53. The van der Waals surface area contributed by atoms with Gasteiger partial charge in [0.2, 0.25) is 10.0 Å². The number of nitrogens with one attached hydrogen (secondary N) is 1. The van der Waals surface area contributed by atoms with E-state index in [2.05, 4.69) is 5.32 Å². The van der Waals surface area contributed by atoms with Crippen molar-refractivity contribution in [3.63, 3.8) is 0 Å². The normalized spacial score (nSPS) is 11.3. The molecule has 34 heavy (non-hydrogen) atoms. The fraction of sp³-hybridized carbons (Fsp3) is 0.208. The Balaban J connectivity index is 1.54. The Morgan fingerprint density at radius 1 is 0.941 bits per heavy atom. The summed E-state index contributed by atoms with van der Waals surface area (Å²) in [6.07, 6.45) is 1.15. The average molecular weight is 558 g/mol. The number of hydrogen-bond donors (Lipinski definition) is 1. The van der Waals surface area contributed by atoms with Gasteiger partial charge in [0.25, 0.3) is 5.91 Å². The van der Waals surface area contributed by atoms with Crippen LogP contribution in [0.5, 0.6) is 0 Å². The molecular weight excluding hydrogens is 535 g/mol. The molecule has 0 aliphatic rings. The predicted octanol–water partition coefficient (Wildman–Crippen LogP) is 6.28. The van der Waals surface area contributed by atoms with Crippen LogP contribution in [-0.4, -0.2) is 32.9 Å². The fourth-order valence-electron chi connectivity index (χ4n) is 3.09. The predicted molar refractivity (Wildman–Crippen MR) is 144 cm³/mol. The topological polar surface area (TPSA) is 66.5 Å². The number of halogens is 3. The quantitative estimate of drug-likeness (QED) is 0.298. The first kappa shape index (κ1) is 26.7. The monoisotopic (exact) mass is 556 g/mol. The molecule has 0 fully saturated rings. The number of amides is 1. The summed E-state index contributed by atoms with van der Waals surface area (Å²) in [7, 11) is -3.53. The molecule has 3 aromatic rings. The largest absolute Gasteiger partial charge is 0.351 e. The summed E-state index contributed by atoms with van der Waals surface area (Å²) in [5, 5.41) is 4.68. The SMILES string of the molecule is CS(=O)(=O)N(Cc1ccc(Cl)cc1)c1ccc(C(=O)NCCSCc2ccc(Cl)cc2Cl)cc1. The van der Waals surface area contributed by atoms with Crippen molar-refractivity contribution in [2.75, 3.05) is 22.9 Å². The number of nitrogens with zero attached hydrogens (tertiary/aromatic N) is 1. The Bertz CT molecular complexity index is 1240. The first-order valence-electron chi connectivity index (χ1n) is 10.3. The van der Waals surface area contributed by atoms with E-state index in [1.54, 1.807) is 72.4 Å². The third kappa shape index (κ3) is 7.82. The molecule has 10 heteroatoms. The molecule has 0 unspecified atom stereocenters. The van der Waals surface area contributed by atoms with Crippen LogP contribution in [0.3, 0.4) is 0 Å². The number of thioether (sulfide) groups is 1. The summed E-state index contributed by atoms with van der Waals surface area (Å²) in [6, 6.07) is 18.9. The van der Waals surface area contributed by atoms with Crippen molar-refractivity contribution in [2.45, 2.75) is 12.3 Å². The van der Waals surface area contributed by atoms with E-state index < -0.39 is 10.0 Å². The Morgan fingerprint density at radius 3 is 2.21 bits per heavy atom. The summed E-state index contributed by atoms with van der Waals surface area (Å²) in [6.45, 7) is 0.652. The molecule has 0 bridgehead atoms. The van der Waals surface area contributed by atoms with E-state index in [0.29, 0.717) is 38.6 Å². The Kier molecular flexibility index (Phi) is 9.56. The molecule has 3 aromatic carbocycles. The van der Waals surface area contributed by atoms with Gasteiger partial charge in [-0.15, -0.1) is 0 Å². The van der Waals surface area contributed by atoms with Crippen LogP contribution < -0.4 is 9.62 Å². The maximum atomic E-state index is 12.5. The van der Waals surface area contributed by atoms with E-state index in [1.807, 2.05) is 6.07 Å². The van der Waals surface area contributed by atoms with Gasteiger partial charge in [-0.25, -0.2) is 8.42 Å². The van der Waals surface area contributed by atoms with E-state index in [9.17, 15) is 13.2 Å². The average Bonchev–Trinajstić information content (AvgIpc) is 2.79. The maximum absolute atomic E-state index is 12.5. The minimum Gasteiger partial charge on any atom is -0.351 e. The first-order valence-corrected chi connectivity index (χ1v) is 14.4. The molecule has 0 saturated carbocycles. The lowest BCUT2D eigenvalue weighted by atomic mass is 10.2. The van der Waals surface area contributed by atoms with E-state index in [0.717, 1.165) is 23.1 Å². The van der Waals surface area contributed by atoms with Gasteiger partial charge >= 0.3 is 0 Å². The van der Waals surface area contributed by atoms with Gasteiger partial charge < -0.3 is 5.32 Å². The summed E-state index contributed by atoms with van der Waals surface area (Å²) in [4.78, 5) is 12.5. The zero-order valence-electron chi connectivity index (χ0n) is 18.3. The molecule has 0 radical (unpaired) electrons. The molecule has 0 spiro atoms. The van der Waals surface area contributed by atoms with Crippen molar-refractivity contribution >= 4 is 68.2 Å². The van der Waals surface area contributed by atoms with Gasteiger partial charge in [-0.3, -0.25) is 9.10 Å². The van der Waals surface area contributed by atoms with E-state index in [-0.39, 0.29) is 12.5 Å². The molecule has 1 amide bonds. The number of benzene rings is 3. The molecule has 0 atom stereocenters. The van der Waals surface area contributed by atoms with Gasteiger partial charge in [0.1, 0.15) is 0 Å².